The molecule has 0 bridgehead atoms. The molecule has 2 rings (SSSR count). The first-order chi connectivity index (χ1) is 8.52. The maximum absolute atomic E-state index is 13.9. The van der Waals surface area contributed by atoms with Crippen molar-refractivity contribution in [3.63, 3.8) is 0 Å². The maximum atomic E-state index is 13.9. The molecule has 3 heteroatoms. The quantitative estimate of drug-likeness (QED) is 0.862. The maximum Gasteiger partial charge on any atom is 0.131 e. The fourth-order valence-electron chi connectivity index (χ4n) is 1.89. The molecule has 1 nitrogen and oxygen atoms in total. The van der Waals surface area contributed by atoms with Gasteiger partial charge < -0.3 is 5.73 Å². The minimum Gasteiger partial charge on any atom is -0.326 e. The molecule has 0 spiro atoms. The Balaban J connectivity index is 2.64. The van der Waals surface area contributed by atoms with Crippen molar-refractivity contribution < 1.29 is 4.39 Å². The molecular formula is C15H15ClFN. The van der Waals surface area contributed by atoms with Crippen LogP contribution in [0.15, 0.2) is 30.3 Å². The number of halogens is 2. The Morgan fingerprint density at radius 3 is 2.39 bits per heavy atom. The molecule has 18 heavy (non-hydrogen) atoms. The second-order valence-electron chi connectivity index (χ2n) is 4.43. The molecule has 2 aromatic carbocycles. The van der Waals surface area contributed by atoms with E-state index in [-0.39, 0.29) is 5.82 Å². The van der Waals surface area contributed by atoms with Crippen LogP contribution in [0.2, 0.25) is 5.02 Å². The zero-order valence-corrected chi connectivity index (χ0v) is 11.2. The van der Waals surface area contributed by atoms with Gasteiger partial charge in [-0.1, -0.05) is 17.7 Å². The molecule has 2 aromatic rings. The van der Waals surface area contributed by atoms with Crippen molar-refractivity contribution in [2.24, 2.45) is 5.73 Å². The van der Waals surface area contributed by atoms with Gasteiger partial charge in [0, 0.05) is 22.7 Å². The van der Waals surface area contributed by atoms with Crippen LogP contribution in [0.5, 0.6) is 0 Å². The molecule has 0 atom stereocenters. The zero-order chi connectivity index (χ0) is 13.3. The van der Waals surface area contributed by atoms with E-state index in [1.165, 1.54) is 6.07 Å². The lowest BCUT2D eigenvalue weighted by atomic mass is 9.98. The lowest BCUT2D eigenvalue weighted by molar-refractivity contribution is 0.630. The van der Waals surface area contributed by atoms with Crippen molar-refractivity contribution in [1.29, 1.82) is 0 Å². The Labute approximate surface area is 111 Å². The van der Waals surface area contributed by atoms with Gasteiger partial charge in [-0.25, -0.2) is 4.39 Å². The van der Waals surface area contributed by atoms with Gasteiger partial charge in [0.2, 0.25) is 0 Å². The summed E-state index contributed by atoms with van der Waals surface area (Å²) in [6, 6.07) is 8.65. The Hall–Kier alpha value is -1.38. The highest BCUT2D eigenvalue weighted by atomic mass is 35.5. The van der Waals surface area contributed by atoms with Crippen LogP contribution in [0.1, 0.15) is 16.7 Å². The van der Waals surface area contributed by atoms with Gasteiger partial charge >= 0.3 is 0 Å². The first-order valence-electron chi connectivity index (χ1n) is 5.78. The number of rotatable bonds is 2. The Bertz CT molecular complexity index is 593. The van der Waals surface area contributed by atoms with Crippen LogP contribution < -0.4 is 5.73 Å². The van der Waals surface area contributed by atoms with E-state index in [2.05, 4.69) is 0 Å². The highest BCUT2D eigenvalue weighted by molar-refractivity contribution is 6.33. The number of aryl methyl sites for hydroxylation is 2. The highest BCUT2D eigenvalue weighted by Gasteiger charge is 2.11. The minimum absolute atomic E-state index is 0.280. The third-order valence-corrected chi connectivity index (χ3v) is 3.45. The molecule has 94 valence electrons. The summed E-state index contributed by atoms with van der Waals surface area (Å²) < 4.78 is 13.9. The van der Waals surface area contributed by atoms with Crippen molar-refractivity contribution >= 4 is 11.6 Å². The molecule has 0 saturated carbocycles. The van der Waals surface area contributed by atoms with Crippen LogP contribution in [0.3, 0.4) is 0 Å². The third kappa shape index (κ3) is 2.40. The van der Waals surface area contributed by atoms with Crippen LogP contribution in [0.25, 0.3) is 11.1 Å². The van der Waals surface area contributed by atoms with E-state index in [0.717, 1.165) is 16.7 Å². The summed E-state index contributed by atoms with van der Waals surface area (Å²) in [5.41, 5.74) is 9.88. The monoisotopic (exact) mass is 263 g/mol. The summed E-state index contributed by atoms with van der Waals surface area (Å²) in [4.78, 5) is 0. The van der Waals surface area contributed by atoms with E-state index in [0.29, 0.717) is 22.7 Å². The van der Waals surface area contributed by atoms with Gasteiger partial charge in [0.15, 0.2) is 0 Å². The Kier molecular flexibility index (Phi) is 3.69. The summed E-state index contributed by atoms with van der Waals surface area (Å²) in [6.45, 7) is 4.35. The van der Waals surface area contributed by atoms with Gasteiger partial charge in [0.05, 0.1) is 0 Å². The van der Waals surface area contributed by atoms with Gasteiger partial charge in [-0.2, -0.15) is 0 Å². The van der Waals surface area contributed by atoms with Crippen LogP contribution in [0.4, 0.5) is 4.39 Å². The second-order valence-corrected chi connectivity index (χ2v) is 4.84. The molecule has 2 N–H and O–H groups in total. The fourth-order valence-corrected chi connectivity index (χ4v) is 2.21. The zero-order valence-electron chi connectivity index (χ0n) is 10.4. The topological polar surface area (TPSA) is 26.0 Å². The van der Waals surface area contributed by atoms with Crippen LogP contribution >= 0.6 is 11.6 Å². The van der Waals surface area contributed by atoms with Crippen molar-refractivity contribution in [2.75, 3.05) is 0 Å². The minimum atomic E-state index is -0.280. The van der Waals surface area contributed by atoms with E-state index < -0.39 is 0 Å². The van der Waals surface area contributed by atoms with Crippen molar-refractivity contribution in [2.45, 2.75) is 20.4 Å². The van der Waals surface area contributed by atoms with E-state index >= 15 is 0 Å². The summed E-state index contributed by atoms with van der Waals surface area (Å²) in [5.74, 6) is -0.280. The Morgan fingerprint density at radius 2 is 1.72 bits per heavy atom. The molecule has 0 amide bonds. The second kappa shape index (κ2) is 5.09. The predicted octanol–water partition coefficient (Wildman–Crippen LogP) is 4.22. The van der Waals surface area contributed by atoms with E-state index in [1.807, 2.05) is 26.0 Å². The van der Waals surface area contributed by atoms with Crippen LogP contribution in [0, 0.1) is 19.7 Å². The predicted molar refractivity (Wildman–Crippen MR) is 74.2 cm³/mol. The standard InChI is InChI=1S/C15H15ClFN/c1-9-5-12(14(16)6-10(9)2)13-7-11(8-18)3-4-15(13)17/h3-7H,8,18H2,1-2H3. The summed E-state index contributed by atoms with van der Waals surface area (Å²) >= 11 is 6.21. The molecule has 0 radical (unpaired) electrons. The number of benzene rings is 2. The van der Waals surface area contributed by atoms with E-state index in [9.17, 15) is 4.39 Å². The summed E-state index contributed by atoms with van der Waals surface area (Å²) in [6.07, 6.45) is 0. The van der Waals surface area contributed by atoms with E-state index in [1.54, 1.807) is 12.1 Å². The number of hydrogen-bond acceptors (Lipinski definition) is 1. The third-order valence-electron chi connectivity index (χ3n) is 3.14. The first-order valence-corrected chi connectivity index (χ1v) is 6.16. The lowest BCUT2D eigenvalue weighted by Gasteiger charge is -2.11. The number of hydrogen-bond donors (Lipinski definition) is 1. The molecule has 0 aliphatic heterocycles. The number of nitrogens with two attached hydrogens (primary N) is 1. The smallest absolute Gasteiger partial charge is 0.131 e. The highest BCUT2D eigenvalue weighted by Crippen LogP contribution is 2.32. The normalized spacial score (nSPS) is 10.7. The molecule has 0 unspecified atom stereocenters. The lowest BCUT2D eigenvalue weighted by Crippen LogP contribution is -1.98. The molecule has 0 heterocycles. The van der Waals surface area contributed by atoms with Gasteiger partial charge in [0.25, 0.3) is 0 Å². The average molecular weight is 264 g/mol. The average Bonchev–Trinajstić information content (AvgIpc) is 2.35. The van der Waals surface area contributed by atoms with Crippen LogP contribution in [-0.2, 0) is 6.54 Å². The molecular weight excluding hydrogens is 249 g/mol. The van der Waals surface area contributed by atoms with Gasteiger partial charge in [0.1, 0.15) is 5.82 Å². The van der Waals surface area contributed by atoms with Crippen molar-refractivity contribution in [3.8, 4) is 11.1 Å². The first kappa shape index (κ1) is 13.1. The summed E-state index contributed by atoms with van der Waals surface area (Å²) in [7, 11) is 0. The van der Waals surface area contributed by atoms with Gasteiger partial charge in [-0.05, 0) is 54.8 Å². The van der Waals surface area contributed by atoms with Gasteiger partial charge in [-0.15, -0.1) is 0 Å². The SMILES string of the molecule is Cc1cc(Cl)c(-c2cc(CN)ccc2F)cc1C. The Morgan fingerprint density at radius 1 is 1.06 bits per heavy atom. The van der Waals surface area contributed by atoms with Crippen molar-refractivity contribution in [1.82, 2.24) is 0 Å². The van der Waals surface area contributed by atoms with Crippen LogP contribution in [-0.4, -0.2) is 0 Å². The molecule has 0 aliphatic rings. The van der Waals surface area contributed by atoms with Crippen molar-refractivity contribution in [3.05, 3.63) is 57.9 Å². The fraction of sp³-hybridized carbons (Fsp3) is 0.200. The molecule has 0 fully saturated rings. The van der Waals surface area contributed by atoms with E-state index in [4.69, 9.17) is 17.3 Å². The summed E-state index contributed by atoms with van der Waals surface area (Å²) in [5, 5.41) is 0.561. The largest absolute Gasteiger partial charge is 0.326 e. The van der Waals surface area contributed by atoms with Gasteiger partial charge in [-0.3, -0.25) is 0 Å². The molecule has 0 saturated heterocycles. The molecule has 0 aliphatic carbocycles. The molecule has 0 aromatic heterocycles.